The summed E-state index contributed by atoms with van der Waals surface area (Å²) in [7, 11) is 0. The minimum absolute atomic E-state index is 0.00319. The maximum Gasteiger partial charge on any atom is 0.306 e. The number of nitro benzene ring substituents is 1. The highest BCUT2D eigenvalue weighted by molar-refractivity contribution is 7.98. The molecule has 1 rings (SSSR count). The van der Waals surface area contributed by atoms with Crippen LogP contribution in [0.15, 0.2) is 18.2 Å². The molecule has 7 nitrogen and oxygen atoms in total. The highest BCUT2D eigenvalue weighted by Gasteiger charge is 2.23. The summed E-state index contributed by atoms with van der Waals surface area (Å²) in [6.45, 7) is 0.456. The molecule has 1 amide bonds. The molecule has 0 aliphatic heterocycles. The molecule has 4 N–H and O–H groups in total. The molecule has 1 aromatic rings. The number of hydrogen-bond donors (Lipinski definition) is 3. The van der Waals surface area contributed by atoms with Crippen LogP contribution in [0.2, 0.25) is 0 Å². The van der Waals surface area contributed by atoms with Gasteiger partial charge in [0.2, 0.25) is 0 Å². The van der Waals surface area contributed by atoms with Gasteiger partial charge in [-0.3, -0.25) is 20.8 Å². The summed E-state index contributed by atoms with van der Waals surface area (Å²) in [6, 6.07) is 4.37. The second-order valence-corrected chi connectivity index (χ2v) is 4.34. The Morgan fingerprint density at radius 3 is 2.83 bits per heavy atom. The molecule has 0 saturated heterocycles. The predicted molar refractivity (Wildman–Crippen MR) is 71.6 cm³/mol. The number of carbonyl (C=O) groups excluding carboxylic acids is 1. The minimum atomic E-state index is -0.626. The number of thioether (sulfide) groups is 1. The van der Waals surface area contributed by atoms with Crippen LogP contribution in [0.1, 0.15) is 10.4 Å². The Kier molecular flexibility index (Phi) is 5.40. The molecule has 98 valence electrons. The van der Waals surface area contributed by atoms with Crippen molar-refractivity contribution in [2.75, 3.05) is 24.0 Å². The molecule has 0 atom stereocenters. The van der Waals surface area contributed by atoms with Gasteiger partial charge < -0.3 is 10.7 Å². The number of amides is 1. The van der Waals surface area contributed by atoms with Crippen LogP contribution in [-0.2, 0) is 0 Å². The molecule has 0 spiro atoms. The van der Waals surface area contributed by atoms with Crippen molar-refractivity contribution >= 4 is 29.0 Å². The molecule has 0 bridgehead atoms. The molecule has 0 aliphatic carbocycles. The van der Waals surface area contributed by atoms with Crippen LogP contribution in [0.4, 0.5) is 11.4 Å². The highest BCUT2D eigenvalue weighted by Crippen LogP contribution is 2.27. The highest BCUT2D eigenvalue weighted by atomic mass is 32.2. The van der Waals surface area contributed by atoms with Gasteiger partial charge in [-0.25, -0.2) is 0 Å². The molecule has 1 aromatic carbocycles. The van der Waals surface area contributed by atoms with Crippen LogP contribution in [0.25, 0.3) is 0 Å². The van der Waals surface area contributed by atoms with Gasteiger partial charge >= 0.3 is 5.69 Å². The second-order valence-electron chi connectivity index (χ2n) is 3.35. The number of nitrogen functional groups attached to an aromatic ring is 1. The molecule has 0 radical (unpaired) electrons. The summed E-state index contributed by atoms with van der Waals surface area (Å²) in [5.41, 5.74) is 2.00. The van der Waals surface area contributed by atoms with E-state index in [1.807, 2.05) is 6.26 Å². The molecule has 0 heterocycles. The molecule has 0 aliphatic rings. The van der Waals surface area contributed by atoms with Crippen LogP contribution in [-0.4, -0.2) is 29.4 Å². The summed E-state index contributed by atoms with van der Waals surface area (Å²) in [5, 5.41) is 13.6. The first-order chi connectivity index (χ1) is 8.61. The quantitative estimate of drug-likeness (QED) is 0.307. The Morgan fingerprint density at radius 1 is 1.56 bits per heavy atom. The van der Waals surface area contributed by atoms with Gasteiger partial charge in [0.15, 0.2) is 0 Å². The van der Waals surface area contributed by atoms with E-state index in [0.717, 1.165) is 5.75 Å². The first-order valence-electron chi connectivity index (χ1n) is 5.13. The summed E-state index contributed by atoms with van der Waals surface area (Å²) in [4.78, 5) is 22.2. The number of carbonyl (C=O) groups is 1. The number of benzene rings is 1. The topological polar surface area (TPSA) is 110 Å². The number of hydrogen-bond acceptors (Lipinski definition) is 6. The van der Waals surface area contributed by atoms with Gasteiger partial charge in [0, 0.05) is 12.3 Å². The molecular weight excluding hydrogens is 256 g/mol. The van der Waals surface area contributed by atoms with Gasteiger partial charge in [0.05, 0.1) is 4.92 Å². The number of anilines is 1. The maximum absolute atomic E-state index is 11.8. The molecule has 18 heavy (non-hydrogen) atoms. The monoisotopic (exact) mass is 270 g/mol. The molecule has 0 aromatic heterocycles. The van der Waals surface area contributed by atoms with Crippen molar-refractivity contribution in [2.45, 2.75) is 0 Å². The summed E-state index contributed by atoms with van der Waals surface area (Å²) >= 11 is 1.58. The fraction of sp³-hybridized carbons (Fsp3) is 0.300. The number of nitrogens with two attached hydrogens (primary N) is 1. The van der Waals surface area contributed by atoms with Crippen molar-refractivity contribution in [3.63, 3.8) is 0 Å². The normalized spacial score (nSPS) is 9.89. The van der Waals surface area contributed by atoms with E-state index in [1.165, 1.54) is 18.2 Å². The number of rotatable bonds is 6. The van der Waals surface area contributed by atoms with E-state index in [4.69, 9.17) is 5.84 Å². The zero-order valence-corrected chi connectivity index (χ0v) is 10.6. The first-order valence-corrected chi connectivity index (χ1v) is 6.52. The van der Waals surface area contributed by atoms with Crippen molar-refractivity contribution in [3.05, 3.63) is 33.9 Å². The summed E-state index contributed by atoms with van der Waals surface area (Å²) < 4.78 is 0. The van der Waals surface area contributed by atoms with Crippen molar-refractivity contribution < 1.29 is 9.72 Å². The van der Waals surface area contributed by atoms with Crippen molar-refractivity contribution in [2.24, 2.45) is 5.84 Å². The first kappa shape index (κ1) is 14.3. The smallest absolute Gasteiger partial charge is 0.306 e. The summed E-state index contributed by atoms with van der Waals surface area (Å²) in [6.07, 6.45) is 1.91. The SMILES string of the molecule is CSCCNC(=O)c1cccc(NN)c1[N+](=O)[O-]. The molecule has 0 unspecified atom stereocenters. The van der Waals surface area contributed by atoms with E-state index in [2.05, 4.69) is 10.7 Å². The predicted octanol–water partition coefficient (Wildman–Crippen LogP) is 0.973. The van der Waals surface area contributed by atoms with Crippen LogP contribution in [0.3, 0.4) is 0 Å². The molecule has 8 heteroatoms. The standard InChI is InChI=1S/C10H14N4O3S/c1-18-6-5-12-10(15)7-3-2-4-8(13-11)9(7)14(16)17/h2-4,13H,5-6,11H2,1H3,(H,12,15). The number of nitro groups is 1. The van der Waals surface area contributed by atoms with Crippen molar-refractivity contribution in [1.82, 2.24) is 5.32 Å². The van der Waals surface area contributed by atoms with E-state index >= 15 is 0 Å². The van der Waals surface area contributed by atoms with Gasteiger partial charge in [-0.15, -0.1) is 0 Å². The minimum Gasteiger partial charge on any atom is -0.351 e. The Balaban J connectivity index is 3.00. The van der Waals surface area contributed by atoms with Crippen molar-refractivity contribution in [3.8, 4) is 0 Å². The van der Waals surface area contributed by atoms with E-state index in [1.54, 1.807) is 11.8 Å². The molecule has 0 fully saturated rings. The van der Waals surface area contributed by atoms with Crippen LogP contribution in [0.5, 0.6) is 0 Å². The van der Waals surface area contributed by atoms with Gasteiger partial charge in [-0.05, 0) is 18.4 Å². The lowest BCUT2D eigenvalue weighted by Gasteiger charge is -2.07. The van der Waals surface area contributed by atoms with Crippen LogP contribution >= 0.6 is 11.8 Å². The maximum atomic E-state index is 11.8. The Morgan fingerprint density at radius 2 is 2.28 bits per heavy atom. The lowest BCUT2D eigenvalue weighted by molar-refractivity contribution is -0.384. The number of para-hydroxylation sites is 1. The molecule has 0 saturated carbocycles. The molecular formula is C10H14N4O3S. The largest absolute Gasteiger partial charge is 0.351 e. The second kappa shape index (κ2) is 6.82. The van der Waals surface area contributed by atoms with Crippen LogP contribution < -0.4 is 16.6 Å². The van der Waals surface area contributed by atoms with E-state index in [-0.39, 0.29) is 16.9 Å². The van der Waals surface area contributed by atoms with Gasteiger partial charge in [-0.2, -0.15) is 11.8 Å². The number of hydrazine groups is 1. The third-order valence-corrected chi connectivity index (χ3v) is 2.82. The number of nitrogens with one attached hydrogen (secondary N) is 2. The fourth-order valence-corrected chi connectivity index (χ4v) is 1.71. The zero-order chi connectivity index (χ0) is 13.5. The van der Waals surface area contributed by atoms with E-state index in [9.17, 15) is 14.9 Å². The Labute approximate surface area is 108 Å². The van der Waals surface area contributed by atoms with E-state index < -0.39 is 10.8 Å². The Hall–Kier alpha value is -1.80. The van der Waals surface area contributed by atoms with Gasteiger partial charge in [0.25, 0.3) is 5.91 Å². The fourth-order valence-electron chi connectivity index (χ4n) is 1.40. The lowest BCUT2D eigenvalue weighted by atomic mass is 10.1. The van der Waals surface area contributed by atoms with Crippen LogP contribution in [0, 0.1) is 10.1 Å². The summed E-state index contributed by atoms with van der Waals surface area (Å²) in [5.74, 6) is 5.46. The third kappa shape index (κ3) is 3.34. The third-order valence-electron chi connectivity index (χ3n) is 2.21. The van der Waals surface area contributed by atoms with Gasteiger partial charge in [0.1, 0.15) is 11.3 Å². The lowest BCUT2D eigenvalue weighted by Crippen LogP contribution is -2.26. The zero-order valence-electron chi connectivity index (χ0n) is 9.80. The average molecular weight is 270 g/mol. The average Bonchev–Trinajstić information content (AvgIpc) is 2.37. The Bertz CT molecular complexity index is 453. The number of nitrogens with zero attached hydrogens (tertiary/aromatic N) is 1. The van der Waals surface area contributed by atoms with E-state index in [0.29, 0.717) is 6.54 Å². The van der Waals surface area contributed by atoms with Crippen molar-refractivity contribution in [1.29, 1.82) is 0 Å². The van der Waals surface area contributed by atoms with Gasteiger partial charge in [-0.1, -0.05) is 6.07 Å².